The molecule has 1 aliphatic heterocycles. The second-order valence-electron chi connectivity index (χ2n) is 8.58. The van der Waals surface area contributed by atoms with E-state index >= 15 is 0 Å². The number of aromatic nitrogens is 1. The van der Waals surface area contributed by atoms with Crippen molar-refractivity contribution in [2.75, 3.05) is 19.8 Å². The fraction of sp³-hybridized carbons (Fsp3) is 0.345. The van der Waals surface area contributed by atoms with Crippen LogP contribution in [0.15, 0.2) is 69.6 Å². The fourth-order valence-electron chi connectivity index (χ4n) is 4.17. The SMILES string of the molecule is CCCCOc1ccc(/C=c2/sc3n(c2=O)[C@H](c2ccc(OCC)cc2)C(C(=O)OCC)=C(C)N=3)cc1. The Kier molecular flexibility index (Phi) is 8.61. The maximum atomic E-state index is 13.7. The molecular formula is C29H32N2O5S. The zero-order chi connectivity index (χ0) is 26.4. The van der Waals surface area contributed by atoms with E-state index in [1.54, 1.807) is 18.4 Å². The highest BCUT2D eigenvalue weighted by molar-refractivity contribution is 7.07. The lowest BCUT2D eigenvalue weighted by molar-refractivity contribution is -0.139. The molecule has 0 amide bonds. The first-order valence-electron chi connectivity index (χ1n) is 12.6. The molecule has 1 aliphatic rings. The summed E-state index contributed by atoms with van der Waals surface area (Å²) < 4.78 is 18.8. The highest BCUT2D eigenvalue weighted by atomic mass is 32.1. The van der Waals surface area contributed by atoms with Crippen molar-refractivity contribution in [1.82, 2.24) is 4.57 Å². The third kappa shape index (κ3) is 5.85. The Morgan fingerprint density at radius 2 is 1.68 bits per heavy atom. The average molecular weight is 521 g/mol. The van der Waals surface area contributed by atoms with E-state index in [1.165, 1.54) is 11.3 Å². The van der Waals surface area contributed by atoms with Crippen molar-refractivity contribution in [2.24, 2.45) is 4.99 Å². The van der Waals surface area contributed by atoms with Crippen molar-refractivity contribution >= 4 is 23.4 Å². The predicted molar refractivity (Wildman–Crippen MR) is 145 cm³/mol. The van der Waals surface area contributed by atoms with Crippen molar-refractivity contribution < 1.29 is 19.0 Å². The number of hydrogen-bond donors (Lipinski definition) is 0. The van der Waals surface area contributed by atoms with Gasteiger partial charge in [0.15, 0.2) is 4.80 Å². The first kappa shape index (κ1) is 26.4. The third-order valence-corrected chi connectivity index (χ3v) is 6.95. The largest absolute Gasteiger partial charge is 0.494 e. The van der Waals surface area contributed by atoms with Crippen molar-refractivity contribution in [3.63, 3.8) is 0 Å². The van der Waals surface area contributed by atoms with Gasteiger partial charge in [0.1, 0.15) is 11.5 Å². The van der Waals surface area contributed by atoms with E-state index in [1.807, 2.05) is 61.5 Å². The average Bonchev–Trinajstić information content (AvgIpc) is 3.19. The van der Waals surface area contributed by atoms with Gasteiger partial charge in [0.2, 0.25) is 0 Å². The summed E-state index contributed by atoms with van der Waals surface area (Å²) in [5, 5.41) is 0. The van der Waals surface area contributed by atoms with Crippen molar-refractivity contribution in [3.8, 4) is 11.5 Å². The van der Waals surface area contributed by atoms with Crippen molar-refractivity contribution in [3.05, 3.63) is 90.6 Å². The number of nitrogens with zero attached hydrogens (tertiary/aromatic N) is 2. The normalized spacial score (nSPS) is 15.2. The Morgan fingerprint density at radius 1 is 1.00 bits per heavy atom. The molecule has 0 unspecified atom stereocenters. The Balaban J connectivity index is 1.78. The molecule has 0 bridgehead atoms. The molecule has 194 valence electrons. The Morgan fingerprint density at radius 3 is 2.32 bits per heavy atom. The fourth-order valence-corrected chi connectivity index (χ4v) is 5.21. The number of unbranched alkanes of at least 4 members (excludes halogenated alkanes) is 1. The monoisotopic (exact) mass is 520 g/mol. The summed E-state index contributed by atoms with van der Waals surface area (Å²) in [5.74, 6) is 1.05. The van der Waals surface area contributed by atoms with Gasteiger partial charge < -0.3 is 14.2 Å². The molecule has 0 saturated heterocycles. The Hall–Kier alpha value is -3.65. The highest BCUT2D eigenvalue weighted by Crippen LogP contribution is 2.31. The molecule has 2 aromatic carbocycles. The summed E-state index contributed by atoms with van der Waals surface area (Å²) in [6.45, 7) is 9.05. The predicted octanol–water partition coefficient (Wildman–Crippen LogP) is 4.38. The molecule has 0 saturated carbocycles. The van der Waals surface area contributed by atoms with E-state index < -0.39 is 12.0 Å². The summed E-state index contributed by atoms with van der Waals surface area (Å²) in [5.41, 5.74) is 2.35. The van der Waals surface area contributed by atoms with E-state index in [0.717, 1.165) is 35.5 Å². The van der Waals surface area contributed by atoms with Gasteiger partial charge in [-0.3, -0.25) is 9.36 Å². The minimum absolute atomic E-state index is 0.208. The lowest BCUT2D eigenvalue weighted by atomic mass is 9.96. The van der Waals surface area contributed by atoms with Gasteiger partial charge in [-0.05, 0) is 68.7 Å². The van der Waals surface area contributed by atoms with Crippen molar-refractivity contribution in [1.29, 1.82) is 0 Å². The van der Waals surface area contributed by atoms with E-state index in [0.29, 0.717) is 33.8 Å². The highest BCUT2D eigenvalue weighted by Gasteiger charge is 2.33. The Labute approximate surface area is 220 Å². The zero-order valence-corrected chi connectivity index (χ0v) is 22.5. The first-order chi connectivity index (χ1) is 18.0. The standard InChI is InChI=1S/C29H32N2O5S/c1-5-8-17-36-23-13-9-20(10-14-23)18-24-27(32)31-26(21-11-15-22(16-12-21)34-6-2)25(28(33)35-7-3)19(4)30-29(31)37-24/h9-16,18,26H,5-8,17H2,1-4H3/b24-18+/t26-/m1/s1. The van der Waals surface area contributed by atoms with Crippen LogP contribution in [-0.4, -0.2) is 30.4 Å². The van der Waals surface area contributed by atoms with Gasteiger partial charge in [0.25, 0.3) is 5.56 Å². The number of thiazole rings is 1. The van der Waals surface area contributed by atoms with Crippen LogP contribution in [0.2, 0.25) is 0 Å². The summed E-state index contributed by atoms with van der Waals surface area (Å²) in [6.07, 6.45) is 3.93. The van der Waals surface area contributed by atoms with Crippen LogP contribution in [-0.2, 0) is 9.53 Å². The van der Waals surface area contributed by atoms with Gasteiger partial charge >= 0.3 is 5.97 Å². The van der Waals surface area contributed by atoms with Crippen LogP contribution in [0.4, 0.5) is 0 Å². The minimum Gasteiger partial charge on any atom is -0.494 e. The van der Waals surface area contributed by atoms with Crippen LogP contribution in [0, 0.1) is 0 Å². The van der Waals surface area contributed by atoms with E-state index in [2.05, 4.69) is 11.9 Å². The van der Waals surface area contributed by atoms with E-state index in [-0.39, 0.29) is 12.2 Å². The first-order valence-corrected chi connectivity index (χ1v) is 13.4. The number of allylic oxidation sites excluding steroid dienone is 1. The van der Waals surface area contributed by atoms with Gasteiger partial charge in [-0.2, -0.15) is 0 Å². The molecule has 0 N–H and O–H groups in total. The molecule has 1 aromatic heterocycles. The summed E-state index contributed by atoms with van der Waals surface area (Å²) in [7, 11) is 0. The molecule has 0 aliphatic carbocycles. The van der Waals surface area contributed by atoms with Gasteiger partial charge in [0.05, 0.1) is 41.7 Å². The lowest BCUT2D eigenvalue weighted by Gasteiger charge is -2.24. The van der Waals surface area contributed by atoms with Crippen LogP contribution in [0.1, 0.15) is 57.7 Å². The van der Waals surface area contributed by atoms with E-state index in [9.17, 15) is 9.59 Å². The van der Waals surface area contributed by atoms with Crippen LogP contribution >= 0.6 is 11.3 Å². The minimum atomic E-state index is -0.650. The van der Waals surface area contributed by atoms with Gasteiger partial charge in [0, 0.05) is 0 Å². The molecule has 8 heteroatoms. The quantitative estimate of drug-likeness (QED) is 0.293. The molecule has 0 radical (unpaired) electrons. The number of fused-ring (bicyclic) bond motifs is 1. The molecule has 0 fully saturated rings. The molecule has 1 atom stereocenters. The zero-order valence-electron chi connectivity index (χ0n) is 21.7. The third-order valence-electron chi connectivity index (χ3n) is 5.97. The summed E-state index contributed by atoms with van der Waals surface area (Å²) >= 11 is 1.30. The maximum Gasteiger partial charge on any atom is 0.338 e. The number of hydrogen-bond acceptors (Lipinski definition) is 7. The maximum absolute atomic E-state index is 13.7. The van der Waals surface area contributed by atoms with Crippen LogP contribution in [0.5, 0.6) is 11.5 Å². The number of carbonyl (C=O) groups is 1. The van der Waals surface area contributed by atoms with Crippen LogP contribution in [0.3, 0.4) is 0 Å². The number of esters is 1. The number of ether oxygens (including phenoxy) is 3. The molecule has 7 nitrogen and oxygen atoms in total. The lowest BCUT2D eigenvalue weighted by Crippen LogP contribution is -2.39. The summed E-state index contributed by atoms with van der Waals surface area (Å²) in [6, 6.07) is 14.5. The molecule has 0 spiro atoms. The van der Waals surface area contributed by atoms with Gasteiger partial charge in [-0.1, -0.05) is 48.9 Å². The molecular weight excluding hydrogens is 488 g/mol. The van der Waals surface area contributed by atoms with Crippen LogP contribution in [0.25, 0.3) is 6.08 Å². The number of rotatable bonds is 10. The van der Waals surface area contributed by atoms with Gasteiger partial charge in [-0.15, -0.1) is 0 Å². The summed E-state index contributed by atoms with van der Waals surface area (Å²) in [4.78, 5) is 31.9. The Bertz CT molecular complexity index is 1450. The van der Waals surface area contributed by atoms with Crippen molar-refractivity contribution in [2.45, 2.75) is 46.6 Å². The second-order valence-corrected chi connectivity index (χ2v) is 9.58. The molecule has 4 rings (SSSR count). The molecule has 37 heavy (non-hydrogen) atoms. The number of benzene rings is 2. The van der Waals surface area contributed by atoms with Crippen LogP contribution < -0.4 is 24.4 Å². The number of carbonyl (C=O) groups excluding carboxylic acids is 1. The second kappa shape index (κ2) is 12.1. The topological polar surface area (TPSA) is 79.1 Å². The van der Waals surface area contributed by atoms with E-state index in [4.69, 9.17) is 14.2 Å². The van der Waals surface area contributed by atoms with Gasteiger partial charge in [-0.25, -0.2) is 9.79 Å². The smallest absolute Gasteiger partial charge is 0.338 e. The molecule has 2 heterocycles. The molecule has 3 aromatic rings.